The van der Waals surface area contributed by atoms with Crippen molar-refractivity contribution in [3.8, 4) is 0 Å². The SMILES string of the molecule is C=C(CC)C(=NC)c1ccc2c(c1)CCN(C(=O)OC(C)(C)C)C2.CC. The van der Waals surface area contributed by atoms with Gasteiger partial charge in [0.05, 0.1) is 5.71 Å². The molecule has 0 saturated carbocycles. The minimum Gasteiger partial charge on any atom is -0.444 e. The van der Waals surface area contributed by atoms with Gasteiger partial charge in [-0.3, -0.25) is 4.99 Å². The summed E-state index contributed by atoms with van der Waals surface area (Å²) in [5.74, 6) is 0. The van der Waals surface area contributed by atoms with Crippen LogP contribution in [-0.2, 0) is 17.7 Å². The van der Waals surface area contributed by atoms with Crippen molar-refractivity contribution in [2.75, 3.05) is 13.6 Å². The highest BCUT2D eigenvalue weighted by molar-refractivity contribution is 6.12. The summed E-state index contributed by atoms with van der Waals surface area (Å²) in [4.78, 5) is 18.4. The molecule has 1 aliphatic rings. The van der Waals surface area contributed by atoms with Gasteiger partial charge >= 0.3 is 6.09 Å². The minimum atomic E-state index is -0.464. The minimum absolute atomic E-state index is 0.243. The molecule has 0 aromatic heterocycles. The molecule has 0 saturated heterocycles. The second-order valence-corrected chi connectivity index (χ2v) is 7.16. The molecule has 0 fully saturated rings. The van der Waals surface area contributed by atoms with Crippen molar-refractivity contribution in [2.24, 2.45) is 4.99 Å². The highest BCUT2D eigenvalue weighted by Gasteiger charge is 2.26. The van der Waals surface area contributed by atoms with E-state index >= 15 is 0 Å². The zero-order valence-electron chi connectivity index (χ0n) is 17.5. The smallest absolute Gasteiger partial charge is 0.410 e. The van der Waals surface area contributed by atoms with Gasteiger partial charge in [-0.15, -0.1) is 0 Å². The van der Waals surface area contributed by atoms with Crippen LogP contribution in [0.5, 0.6) is 0 Å². The molecule has 0 radical (unpaired) electrons. The summed E-state index contributed by atoms with van der Waals surface area (Å²) in [5, 5.41) is 0. The number of carbonyl (C=O) groups excluding carboxylic acids is 1. The number of ether oxygens (including phenoxy) is 1. The highest BCUT2D eigenvalue weighted by Crippen LogP contribution is 2.23. The van der Waals surface area contributed by atoms with Crippen LogP contribution in [0.25, 0.3) is 0 Å². The number of carbonyl (C=O) groups is 1. The zero-order chi connectivity index (χ0) is 19.9. The summed E-state index contributed by atoms with van der Waals surface area (Å²) in [6.07, 6.45) is 1.47. The molecule has 4 heteroatoms. The fourth-order valence-electron chi connectivity index (χ4n) is 2.84. The first kappa shape index (κ1) is 21.9. The molecule has 1 aliphatic heterocycles. The van der Waals surface area contributed by atoms with Crippen LogP contribution in [0, 0.1) is 0 Å². The molecule has 144 valence electrons. The van der Waals surface area contributed by atoms with Gasteiger partial charge in [0, 0.05) is 25.7 Å². The van der Waals surface area contributed by atoms with Crippen molar-refractivity contribution >= 4 is 11.8 Å². The summed E-state index contributed by atoms with van der Waals surface area (Å²) < 4.78 is 5.47. The third-order valence-electron chi connectivity index (χ3n) is 4.13. The van der Waals surface area contributed by atoms with Crippen LogP contribution in [0.15, 0.2) is 35.3 Å². The van der Waals surface area contributed by atoms with Gasteiger partial charge in [-0.2, -0.15) is 0 Å². The Hall–Kier alpha value is -2.10. The lowest BCUT2D eigenvalue weighted by atomic mass is 9.93. The molecule has 1 amide bonds. The monoisotopic (exact) mass is 358 g/mol. The molecule has 1 heterocycles. The standard InChI is InChI=1S/C20H28N2O2.C2H6/c1-7-14(2)18(21-6)16-8-9-17-13-22(11-10-15(17)12-16)19(23)24-20(3,4)5;1-2/h8-9,12H,2,7,10-11,13H2,1,3-6H3;1-2H3. The molecule has 0 unspecified atom stereocenters. The average molecular weight is 359 g/mol. The average Bonchev–Trinajstić information content (AvgIpc) is 2.61. The van der Waals surface area contributed by atoms with Gasteiger partial charge in [0.25, 0.3) is 0 Å². The van der Waals surface area contributed by atoms with Crippen LogP contribution in [0.4, 0.5) is 4.79 Å². The summed E-state index contributed by atoms with van der Waals surface area (Å²) in [5.41, 5.74) is 5.10. The number of benzene rings is 1. The number of hydrogen-bond acceptors (Lipinski definition) is 3. The Morgan fingerprint density at radius 1 is 1.27 bits per heavy atom. The maximum atomic E-state index is 12.2. The van der Waals surface area contributed by atoms with Crippen LogP contribution in [0.2, 0.25) is 0 Å². The molecule has 2 rings (SSSR count). The predicted molar refractivity (Wildman–Crippen MR) is 110 cm³/mol. The Morgan fingerprint density at radius 2 is 1.92 bits per heavy atom. The molecular formula is C22H34N2O2. The van der Waals surface area contributed by atoms with Crippen molar-refractivity contribution in [1.82, 2.24) is 4.90 Å². The molecule has 0 aliphatic carbocycles. The van der Waals surface area contributed by atoms with E-state index in [9.17, 15) is 4.79 Å². The van der Waals surface area contributed by atoms with Gasteiger partial charge < -0.3 is 9.64 Å². The van der Waals surface area contributed by atoms with Gasteiger partial charge in [-0.1, -0.05) is 39.5 Å². The van der Waals surface area contributed by atoms with Gasteiger partial charge in [-0.25, -0.2) is 4.79 Å². The molecule has 1 aromatic carbocycles. The summed E-state index contributed by atoms with van der Waals surface area (Å²) >= 11 is 0. The summed E-state index contributed by atoms with van der Waals surface area (Å²) in [6, 6.07) is 6.35. The Bertz CT molecular complexity index is 669. The third kappa shape index (κ3) is 5.72. The van der Waals surface area contributed by atoms with Crippen molar-refractivity contribution in [3.05, 3.63) is 47.0 Å². The first-order valence-electron chi connectivity index (χ1n) is 9.50. The summed E-state index contributed by atoms with van der Waals surface area (Å²) in [6.45, 7) is 17.1. The predicted octanol–water partition coefficient (Wildman–Crippen LogP) is 5.39. The van der Waals surface area contributed by atoms with E-state index in [0.29, 0.717) is 13.1 Å². The van der Waals surface area contributed by atoms with Gasteiger partial charge in [0.2, 0.25) is 0 Å². The molecule has 0 N–H and O–H groups in total. The molecule has 4 nitrogen and oxygen atoms in total. The second-order valence-electron chi connectivity index (χ2n) is 7.16. The van der Waals surface area contributed by atoms with E-state index in [0.717, 1.165) is 29.7 Å². The molecule has 0 bridgehead atoms. The Labute approximate surface area is 159 Å². The number of aliphatic imine (C=N–C) groups is 1. The third-order valence-corrected chi connectivity index (χ3v) is 4.13. The number of amides is 1. The van der Waals surface area contributed by atoms with Crippen LogP contribution in [-0.4, -0.2) is 35.9 Å². The molecular weight excluding hydrogens is 324 g/mol. The van der Waals surface area contributed by atoms with Crippen molar-refractivity contribution in [1.29, 1.82) is 0 Å². The van der Waals surface area contributed by atoms with E-state index in [1.807, 2.05) is 34.6 Å². The quantitative estimate of drug-likeness (QED) is 0.680. The topological polar surface area (TPSA) is 41.9 Å². The Kier molecular flexibility index (Phi) is 8.07. The van der Waals surface area contributed by atoms with Crippen LogP contribution in [0.3, 0.4) is 0 Å². The Morgan fingerprint density at radius 3 is 2.46 bits per heavy atom. The molecule has 26 heavy (non-hydrogen) atoms. The number of hydrogen-bond donors (Lipinski definition) is 0. The molecule has 1 aromatic rings. The van der Waals surface area contributed by atoms with Crippen LogP contribution in [0.1, 0.15) is 64.7 Å². The van der Waals surface area contributed by atoms with Gasteiger partial charge in [-0.05, 0) is 56.4 Å². The Balaban J connectivity index is 0.00000163. The fraction of sp³-hybridized carbons (Fsp3) is 0.545. The van der Waals surface area contributed by atoms with E-state index in [-0.39, 0.29) is 6.09 Å². The maximum Gasteiger partial charge on any atom is 0.410 e. The molecule has 0 spiro atoms. The van der Waals surface area contributed by atoms with E-state index in [1.54, 1.807) is 11.9 Å². The first-order chi connectivity index (χ1) is 12.2. The van der Waals surface area contributed by atoms with Crippen molar-refractivity contribution in [2.45, 2.75) is 66.5 Å². The number of rotatable bonds is 3. The van der Waals surface area contributed by atoms with E-state index in [4.69, 9.17) is 4.74 Å². The number of nitrogens with zero attached hydrogens (tertiary/aromatic N) is 2. The second kappa shape index (κ2) is 9.56. The van der Waals surface area contributed by atoms with Crippen molar-refractivity contribution in [3.63, 3.8) is 0 Å². The zero-order valence-corrected chi connectivity index (χ0v) is 17.5. The number of allylic oxidation sites excluding steroid dienone is 1. The fourth-order valence-corrected chi connectivity index (χ4v) is 2.84. The van der Waals surface area contributed by atoms with Gasteiger partial charge in [0.15, 0.2) is 0 Å². The first-order valence-corrected chi connectivity index (χ1v) is 9.50. The lowest BCUT2D eigenvalue weighted by molar-refractivity contribution is 0.0224. The van der Waals surface area contributed by atoms with Gasteiger partial charge in [0.1, 0.15) is 5.60 Å². The maximum absolute atomic E-state index is 12.2. The summed E-state index contributed by atoms with van der Waals surface area (Å²) in [7, 11) is 1.81. The van der Waals surface area contributed by atoms with E-state index in [2.05, 4.69) is 36.7 Å². The lowest BCUT2D eigenvalue weighted by Crippen LogP contribution is -2.39. The highest BCUT2D eigenvalue weighted by atomic mass is 16.6. The van der Waals surface area contributed by atoms with Crippen LogP contribution >= 0.6 is 0 Å². The van der Waals surface area contributed by atoms with E-state index in [1.165, 1.54) is 11.1 Å². The normalized spacial score (nSPS) is 14.1. The van der Waals surface area contributed by atoms with E-state index < -0.39 is 5.60 Å². The lowest BCUT2D eigenvalue weighted by Gasteiger charge is -2.31. The molecule has 0 atom stereocenters. The largest absolute Gasteiger partial charge is 0.444 e. The number of fused-ring (bicyclic) bond motifs is 1. The van der Waals surface area contributed by atoms with Crippen molar-refractivity contribution < 1.29 is 9.53 Å². The van der Waals surface area contributed by atoms with Crippen LogP contribution < -0.4 is 0 Å².